The molecule has 4 nitrogen and oxygen atoms in total. The molecule has 8 aromatic carbocycles. The summed E-state index contributed by atoms with van der Waals surface area (Å²) in [6, 6.07) is 65.0. The van der Waals surface area contributed by atoms with E-state index in [1.54, 1.807) is 0 Å². The molecule has 1 aliphatic heterocycles. The molecule has 3 aliphatic carbocycles. The van der Waals surface area contributed by atoms with Gasteiger partial charge in [-0.2, -0.15) is 0 Å². The van der Waals surface area contributed by atoms with Crippen molar-refractivity contribution < 1.29 is 0 Å². The second-order valence-corrected chi connectivity index (χ2v) is 19.0. The second kappa shape index (κ2) is 15.9. The Morgan fingerprint density at radius 3 is 2.18 bits per heavy atom. The highest BCUT2D eigenvalue weighted by Gasteiger charge is 2.38. The zero-order chi connectivity index (χ0) is 45.4. The molecule has 0 saturated carbocycles. The standard InChI is InChI=1S/C37H30N2.C26H22N2/c1-25-18-21-28(22-19-25)39-34-16-8-6-13-31(34)37-29(14-9-17-36(37)39)26-20-23-35-32(24-26)30-12-5-7-15-33(30)38(35)27-10-3-2-4-11-27;1-26(2)22-10-6-5-9-19(22)20-13-12-17(15-23(20)26)24(27)21-14-11-16-7-3-4-8-18(16)25(21)28/h2-8,10-16,18-22,24,35H,9,17,23H2,1H3;3-15,27H,28H2,1-2H3. The largest absolute Gasteiger partial charge is 0.398 e. The summed E-state index contributed by atoms with van der Waals surface area (Å²) in [6.07, 6.45) is 10.5. The number of allylic oxidation sites excluding steroid dienone is 4. The average molecular weight is 865 g/mol. The Morgan fingerprint density at radius 2 is 1.34 bits per heavy atom. The fourth-order valence-corrected chi connectivity index (χ4v) is 11.4. The number of nitrogen functional groups attached to an aromatic ring is 1. The lowest BCUT2D eigenvalue weighted by molar-refractivity contribution is 0.660. The van der Waals surface area contributed by atoms with Crippen molar-refractivity contribution in [2.24, 2.45) is 0 Å². The lowest BCUT2D eigenvalue weighted by Gasteiger charge is -2.30. The molecule has 324 valence electrons. The van der Waals surface area contributed by atoms with Crippen LogP contribution in [0, 0.1) is 12.3 Å². The van der Waals surface area contributed by atoms with Crippen molar-refractivity contribution in [3.63, 3.8) is 0 Å². The van der Waals surface area contributed by atoms with Crippen LogP contribution < -0.4 is 10.6 Å². The summed E-state index contributed by atoms with van der Waals surface area (Å²) in [4.78, 5) is 2.53. The zero-order valence-electron chi connectivity index (χ0n) is 38.2. The van der Waals surface area contributed by atoms with Gasteiger partial charge in [0.25, 0.3) is 0 Å². The molecule has 0 bridgehead atoms. The number of nitrogens with two attached hydrogens (primary N) is 1. The summed E-state index contributed by atoms with van der Waals surface area (Å²) in [6.45, 7) is 6.68. The summed E-state index contributed by atoms with van der Waals surface area (Å²) < 4.78 is 2.50. The molecule has 4 heteroatoms. The van der Waals surface area contributed by atoms with E-state index in [0.29, 0.717) is 17.4 Å². The van der Waals surface area contributed by atoms with Crippen LogP contribution in [0.4, 0.5) is 17.1 Å². The Balaban J connectivity index is 0.000000148. The van der Waals surface area contributed by atoms with Crippen LogP contribution >= 0.6 is 0 Å². The molecule has 2 heterocycles. The molecule has 0 fully saturated rings. The maximum Gasteiger partial charge on any atom is 0.0705 e. The lowest BCUT2D eigenvalue weighted by Crippen LogP contribution is -2.27. The number of para-hydroxylation sites is 3. The molecule has 1 unspecified atom stereocenters. The number of benzene rings is 8. The fourth-order valence-electron chi connectivity index (χ4n) is 11.4. The van der Waals surface area contributed by atoms with Crippen molar-refractivity contribution in [3.8, 4) is 16.8 Å². The third-order valence-electron chi connectivity index (χ3n) is 14.7. The van der Waals surface area contributed by atoms with Crippen LogP contribution in [0.2, 0.25) is 0 Å². The molecule has 0 spiro atoms. The Bertz CT molecular complexity index is 3560. The van der Waals surface area contributed by atoms with E-state index in [9.17, 15) is 0 Å². The zero-order valence-corrected chi connectivity index (χ0v) is 38.2. The molecule has 67 heavy (non-hydrogen) atoms. The maximum absolute atomic E-state index is 8.86. The summed E-state index contributed by atoms with van der Waals surface area (Å²) in [7, 11) is 0. The normalized spacial score (nSPS) is 16.1. The minimum absolute atomic E-state index is 0.0723. The molecule has 1 atom stereocenters. The second-order valence-electron chi connectivity index (χ2n) is 19.0. The van der Waals surface area contributed by atoms with Crippen LogP contribution in [-0.4, -0.2) is 16.3 Å². The van der Waals surface area contributed by atoms with Gasteiger partial charge in [-0.25, -0.2) is 0 Å². The van der Waals surface area contributed by atoms with Crippen molar-refractivity contribution in [2.75, 3.05) is 10.6 Å². The number of fused-ring (bicyclic) bond motifs is 10. The molecule has 3 N–H and O–H groups in total. The first-order valence-electron chi connectivity index (χ1n) is 23.6. The molecule has 4 aliphatic rings. The first-order valence-corrected chi connectivity index (χ1v) is 23.6. The van der Waals surface area contributed by atoms with Crippen LogP contribution in [-0.2, 0) is 11.8 Å². The van der Waals surface area contributed by atoms with Crippen LogP contribution in [0.5, 0.6) is 0 Å². The topological polar surface area (TPSA) is 58.0 Å². The summed E-state index contributed by atoms with van der Waals surface area (Å²) in [5, 5.41) is 12.3. The number of nitrogens with one attached hydrogen (secondary N) is 1. The van der Waals surface area contributed by atoms with Gasteiger partial charge in [0.2, 0.25) is 0 Å². The summed E-state index contributed by atoms with van der Waals surface area (Å²) in [5.41, 5.74) is 29.2. The van der Waals surface area contributed by atoms with Crippen LogP contribution in [0.1, 0.15) is 71.3 Å². The Kier molecular flexibility index (Phi) is 9.62. The van der Waals surface area contributed by atoms with Gasteiger partial charge in [0, 0.05) is 66.9 Å². The minimum Gasteiger partial charge on any atom is -0.398 e. The van der Waals surface area contributed by atoms with Gasteiger partial charge in [-0.3, -0.25) is 5.41 Å². The highest BCUT2D eigenvalue weighted by molar-refractivity contribution is 6.17. The van der Waals surface area contributed by atoms with Crippen LogP contribution in [0.15, 0.2) is 206 Å². The van der Waals surface area contributed by atoms with Gasteiger partial charge in [0.1, 0.15) is 0 Å². The first kappa shape index (κ1) is 40.6. The minimum atomic E-state index is -0.0723. The van der Waals surface area contributed by atoms with E-state index < -0.39 is 0 Å². The molecular weight excluding hydrogens is 813 g/mol. The highest BCUT2D eigenvalue weighted by atomic mass is 15.2. The van der Waals surface area contributed by atoms with E-state index in [0.717, 1.165) is 41.2 Å². The maximum atomic E-state index is 8.86. The third-order valence-corrected chi connectivity index (χ3v) is 14.7. The predicted octanol–water partition coefficient (Wildman–Crippen LogP) is 15.3. The van der Waals surface area contributed by atoms with Crippen molar-refractivity contribution >= 4 is 55.6 Å². The Labute approximate surface area is 393 Å². The molecular formula is C63H52N4. The molecule has 0 amide bonds. The molecule has 0 radical (unpaired) electrons. The van der Waals surface area contributed by atoms with E-state index in [1.807, 2.05) is 42.5 Å². The number of hydrogen-bond donors (Lipinski definition) is 2. The van der Waals surface area contributed by atoms with Crippen molar-refractivity contribution in [1.29, 1.82) is 5.41 Å². The Hall–Kier alpha value is -7.95. The van der Waals surface area contributed by atoms with E-state index in [1.165, 1.54) is 89.3 Å². The number of aryl methyl sites for hydroxylation is 1. The van der Waals surface area contributed by atoms with Gasteiger partial charge in [-0.05, 0) is 119 Å². The van der Waals surface area contributed by atoms with Crippen LogP contribution in [0.3, 0.4) is 0 Å². The summed E-state index contributed by atoms with van der Waals surface area (Å²) >= 11 is 0. The average Bonchev–Trinajstić information content (AvgIpc) is 3.97. The van der Waals surface area contributed by atoms with Crippen molar-refractivity contribution in [1.82, 2.24) is 4.57 Å². The van der Waals surface area contributed by atoms with E-state index in [4.69, 9.17) is 11.1 Å². The number of rotatable bonds is 5. The molecule has 0 saturated heterocycles. The van der Waals surface area contributed by atoms with Gasteiger partial charge in [-0.15, -0.1) is 0 Å². The number of hydrogen-bond acceptors (Lipinski definition) is 3. The van der Waals surface area contributed by atoms with Gasteiger partial charge in [0.05, 0.1) is 17.3 Å². The summed E-state index contributed by atoms with van der Waals surface area (Å²) in [5.74, 6) is 0. The number of aromatic nitrogens is 1. The van der Waals surface area contributed by atoms with Crippen molar-refractivity contribution in [3.05, 3.63) is 250 Å². The molecule has 9 aromatic rings. The third kappa shape index (κ3) is 6.54. The van der Waals surface area contributed by atoms with E-state index in [2.05, 4.69) is 188 Å². The van der Waals surface area contributed by atoms with Gasteiger partial charge < -0.3 is 15.2 Å². The molecule has 13 rings (SSSR count). The number of nitrogens with zero attached hydrogens (tertiary/aromatic N) is 2. The van der Waals surface area contributed by atoms with Gasteiger partial charge in [0.15, 0.2) is 0 Å². The number of anilines is 3. The van der Waals surface area contributed by atoms with Crippen LogP contribution in [0.25, 0.3) is 49.6 Å². The SMILES string of the molecule is CC1(C)c2ccccc2-c2ccc(C(=N)c3ccc4ccccc4c3N)cc21.Cc1ccc(-n2c3c(c4ccccc42)C(C2=CCC4C(=C2)c2ccccc2N4c2ccccc2)=CCC3)cc1. The molecule has 1 aromatic heterocycles. The van der Waals surface area contributed by atoms with Crippen molar-refractivity contribution in [2.45, 2.75) is 51.5 Å². The highest BCUT2D eigenvalue weighted by Crippen LogP contribution is 2.51. The fraction of sp³-hybridized carbons (Fsp3) is 0.127. The first-order chi connectivity index (χ1) is 32.8. The predicted molar refractivity (Wildman–Crippen MR) is 282 cm³/mol. The van der Waals surface area contributed by atoms with Gasteiger partial charge >= 0.3 is 0 Å². The lowest BCUT2D eigenvalue weighted by atomic mass is 9.81. The van der Waals surface area contributed by atoms with E-state index in [-0.39, 0.29) is 5.41 Å². The smallest absolute Gasteiger partial charge is 0.0705 e. The quantitative estimate of drug-likeness (QED) is 0.134. The Morgan fingerprint density at radius 1 is 0.642 bits per heavy atom. The van der Waals surface area contributed by atoms with E-state index >= 15 is 0 Å². The monoisotopic (exact) mass is 864 g/mol. The van der Waals surface area contributed by atoms with Gasteiger partial charge in [-0.1, -0.05) is 171 Å².